The number of hydrogen-bond donors (Lipinski definition) is 1. The standard InChI is InChI=1S/C14H12BrN5/c1-9-4-2-3-5-13(9)20-14(17-18-19-20)10-6-7-11(15)12(16)8-10/h2-8H,16H2,1H3. The van der Waals surface area contributed by atoms with Crippen molar-refractivity contribution in [3.8, 4) is 17.1 Å². The van der Waals surface area contributed by atoms with Gasteiger partial charge < -0.3 is 5.73 Å². The summed E-state index contributed by atoms with van der Waals surface area (Å²) in [4.78, 5) is 0. The van der Waals surface area contributed by atoms with Gasteiger partial charge in [0.1, 0.15) is 0 Å². The van der Waals surface area contributed by atoms with Crippen LogP contribution in [0.25, 0.3) is 17.1 Å². The smallest absolute Gasteiger partial charge is 0.187 e. The average Bonchev–Trinajstić information content (AvgIpc) is 2.91. The molecule has 5 nitrogen and oxygen atoms in total. The minimum atomic E-state index is 0.654. The highest BCUT2D eigenvalue weighted by Crippen LogP contribution is 2.27. The molecule has 0 spiro atoms. The summed E-state index contributed by atoms with van der Waals surface area (Å²) in [5.74, 6) is 0.665. The highest BCUT2D eigenvalue weighted by Gasteiger charge is 2.13. The molecule has 1 aromatic heterocycles. The van der Waals surface area contributed by atoms with Crippen LogP contribution >= 0.6 is 15.9 Å². The van der Waals surface area contributed by atoms with Crippen LogP contribution in [0.1, 0.15) is 5.56 Å². The Bertz CT molecular complexity index is 766. The Morgan fingerprint density at radius 3 is 2.70 bits per heavy atom. The molecule has 0 aliphatic carbocycles. The van der Waals surface area contributed by atoms with Crippen LogP contribution in [0.2, 0.25) is 0 Å². The Hall–Kier alpha value is -2.21. The quantitative estimate of drug-likeness (QED) is 0.734. The lowest BCUT2D eigenvalue weighted by Crippen LogP contribution is -2.02. The van der Waals surface area contributed by atoms with E-state index in [1.807, 2.05) is 49.4 Å². The van der Waals surface area contributed by atoms with E-state index in [4.69, 9.17) is 5.73 Å². The minimum Gasteiger partial charge on any atom is -0.398 e. The number of rotatable bonds is 2. The number of nitrogens with zero attached hydrogens (tertiary/aromatic N) is 4. The Morgan fingerprint density at radius 1 is 1.15 bits per heavy atom. The van der Waals surface area contributed by atoms with Crippen molar-refractivity contribution < 1.29 is 0 Å². The van der Waals surface area contributed by atoms with Gasteiger partial charge in [-0.2, -0.15) is 4.68 Å². The third-order valence-corrected chi connectivity index (χ3v) is 3.79. The molecule has 0 aliphatic rings. The second kappa shape index (κ2) is 5.05. The van der Waals surface area contributed by atoms with Gasteiger partial charge in [-0.1, -0.05) is 18.2 Å². The van der Waals surface area contributed by atoms with E-state index in [2.05, 4.69) is 31.5 Å². The second-order valence-electron chi connectivity index (χ2n) is 4.44. The van der Waals surface area contributed by atoms with Crippen LogP contribution < -0.4 is 5.73 Å². The number of aromatic nitrogens is 4. The number of nitrogens with two attached hydrogens (primary N) is 1. The predicted octanol–water partition coefficient (Wildman–Crippen LogP) is 2.98. The summed E-state index contributed by atoms with van der Waals surface area (Å²) in [5.41, 5.74) is 9.50. The third-order valence-electron chi connectivity index (χ3n) is 3.07. The van der Waals surface area contributed by atoms with Crippen LogP contribution in [0.4, 0.5) is 5.69 Å². The van der Waals surface area contributed by atoms with E-state index in [1.165, 1.54) is 0 Å². The molecule has 6 heteroatoms. The zero-order valence-corrected chi connectivity index (χ0v) is 12.4. The number of para-hydroxylation sites is 1. The van der Waals surface area contributed by atoms with Gasteiger partial charge in [0.05, 0.1) is 5.69 Å². The lowest BCUT2D eigenvalue weighted by molar-refractivity contribution is 0.787. The number of aryl methyl sites for hydroxylation is 1. The van der Waals surface area contributed by atoms with Crippen LogP contribution in [0, 0.1) is 6.92 Å². The Balaban J connectivity index is 2.15. The van der Waals surface area contributed by atoms with E-state index in [0.29, 0.717) is 11.5 Å². The SMILES string of the molecule is Cc1ccccc1-n1nnnc1-c1ccc(Br)c(N)c1. The van der Waals surface area contributed by atoms with Crippen LogP contribution in [-0.4, -0.2) is 20.2 Å². The molecule has 0 aliphatic heterocycles. The molecule has 2 N–H and O–H groups in total. The number of hydrogen-bond acceptors (Lipinski definition) is 4. The molecule has 0 saturated heterocycles. The van der Waals surface area contributed by atoms with Gasteiger partial charge in [-0.15, -0.1) is 5.10 Å². The van der Waals surface area contributed by atoms with Crippen molar-refractivity contribution in [2.45, 2.75) is 6.92 Å². The van der Waals surface area contributed by atoms with Crippen molar-refractivity contribution in [2.75, 3.05) is 5.73 Å². The van der Waals surface area contributed by atoms with E-state index in [-0.39, 0.29) is 0 Å². The predicted molar refractivity (Wildman–Crippen MR) is 81.4 cm³/mol. The number of nitrogen functional groups attached to an aromatic ring is 1. The highest BCUT2D eigenvalue weighted by molar-refractivity contribution is 9.10. The normalized spacial score (nSPS) is 10.7. The summed E-state index contributed by atoms with van der Waals surface area (Å²) in [6.07, 6.45) is 0. The number of tetrazole rings is 1. The highest BCUT2D eigenvalue weighted by atomic mass is 79.9. The fourth-order valence-electron chi connectivity index (χ4n) is 2.01. The van der Waals surface area contributed by atoms with Crippen molar-refractivity contribution in [1.82, 2.24) is 20.2 Å². The fraction of sp³-hybridized carbons (Fsp3) is 0.0714. The van der Waals surface area contributed by atoms with Crippen molar-refractivity contribution in [3.63, 3.8) is 0 Å². The average molecular weight is 330 g/mol. The van der Waals surface area contributed by atoms with Gasteiger partial charge in [-0.3, -0.25) is 0 Å². The molecule has 1 heterocycles. The molecular formula is C14H12BrN5. The van der Waals surface area contributed by atoms with E-state index in [0.717, 1.165) is 21.3 Å². The zero-order valence-electron chi connectivity index (χ0n) is 10.8. The largest absolute Gasteiger partial charge is 0.398 e. The molecule has 20 heavy (non-hydrogen) atoms. The Kier molecular flexibility index (Phi) is 3.23. The molecule has 0 saturated carbocycles. The van der Waals surface area contributed by atoms with Gasteiger partial charge in [-0.05, 0) is 63.1 Å². The summed E-state index contributed by atoms with van der Waals surface area (Å²) >= 11 is 3.38. The molecule has 0 amide bonds. The minimum absolute atomic E-state index is 0.654. The Morgan fingerprint density at radius 2 is 1.95 bits per heavy atom. The van der Waals surface area contributed by atoms with Gasteiger partial charge in [-0.25, -0.2) is 0 Å². The monoisotopic (exact) mass is 329 g/mol. The van der Waals surface area contributed by atoms with Crippen molar-refractivity contribution >= 4 is 21.6 Å². The summed E-state index contributed by atoms with van der Waals surface area (Å²) in [7, 11) is 0. The molecular weight excluding hydrogens is 318 g/mol. The summed E-state index contributed by atoms with van der Waals surface area (Å²) < 4.78 is 2.58. The maximum absolute atomic E-state index is 5.92. The molecule has 0 fully saturated rings. The summed E-state index contributed by atoms with van der Waals surface area (Å²) in [5, 5.41) is 12.0. The molecule has 3 rings (SSSR count). The molecule has 2 aromatic carbocycles. The summed E-state index contributed by atoms with van der Waals surface area (Å²) in [6, 6.07) is 13.6. The number of benzene rings is 2. The second-order valence-corrected chi connectivity index (χ2v) is 5.29. The van der Waals surface area contributed by atoms with Crippen LogP contribution in [0.3, 0.4) is 0 Å². The van der Waals surface area contributed by atoms with Crippen molar-refractivity contribution in [3.05, 3.63) is 52.5 Å². The maximum atomic E-state index is 5.92. The Labute approximate surface area is 124 Å². The van der Waals surface area contributed by atoms with Gasteiger partial charge >= 0.3 is 0 Å². The van der Waals surface area contributed by atoms with Crippen LogP contribution in [0.15, 0.2) is 46.9 Å². The molecule has 0 bridgehead atoms. The van der Waals surface area contributed by atoms with Crippen LogP contribution in [-0.2, 0) is 0 Å². The first-order valence-corrected chi connectivity index (χ1v) is 6.86. The number of anilines is 1. The molecule has 0 unspecified atom stereocenters. The van der Waals surface area contributed by atoms with Gasteiger partial charge in [0.25, 0.3) is 0 Å². The van der Waals surface area contributed by atoms with E-state index in [9.17, 15) is 0 Å². The third kappa shape index (κ3) is 2.18. The lowest BCUT2D eigenvalue weighted by atomic mass is 10.1. The van der Waals surface area contributed by atoms with Crippen LogP contribution in [0.5, 0.6) is 0 Å². The van der Waals surface area contributed by atoms with E-state index >= 15 is 0 Å². The van der Waals surface area contributed by atoms with Gasteiger partial charge in [0.15, 0.2) is 5.82 Å². The fourth-order valence-corrected chi connectivity index (χ4v) is 2.26. The van der Waals surface area contributed by atoms with E-state index in [1.54, 1.807) is 4.68 Å². The zero-order chi connectivity index (χ0) is 14.1. The topological polar surface area (TPSA) is 69.6 Å². The number of halogens is 1. The lowest BCUT2D eigenvalue weighted by Gasteiger charge is -2.08. The first-order valence-electron chi connectivity index (χ1n) is 6.06. The molecule has 3 aromatic rings. The van der Waals surface area contributed by atoms with E-state index < -0.39 is 0 Å². The van der Waals surface area contributed by atoms with Crippen molar-refractivity contribution in [2.24, 2.45) is 0 Å². The first kappa shape index (κ1) is 12.8. The molecule has 100 valence electrons. The van der Waals surface area contributed by atoms with Crippen molar-refractivity contribution in [1.29, 1.82) is 0 Å². The maximum Gasteiger partial charge on any atom is 0.187 e. The molecule has 0 atom stereocenters. The molecule has 0 radical (unpaired) electrons. The summed E-state index contributed by atoms with van der Waals surface area (Å²) in [6.45, 7) is 2.02. The first-order chi connectivity index (χ1) is 9.66. The van der Waals surface area contributed by atoms with Gasteiger partial charge in [0.2, 0.25) is 0 Å². The van der Waals surface area contributed by atoms with Gasteiger partial charge in [0, 0.05) is 15.7 Å².